The number of hydrogen-bond donors (Lipinski definition) is 2. The van der Waals surface area contributed by atoms with Crippen molar-refractivity contribution in [3.63, 3.8) is 0 Å². The molecule has 3 aromatic rings. The minimum atomic E-state index is -0.516. The molecule has 178 valence electrons. The number of amides is 1. The molecule has 0 saturated carbocycles. The highest BCUT2D eigenvalue weighted by Crippen LogP contribution is 2.40. The van der Waals surface area contributed by atoms with Gasteiger partial charge in [-0.15, -0.1) is 5.10 Å². The van der Waals surface area contributed by atoms with Crippen LogP contribution in [0, 0.1) is 0 Å². The van der Waals surface area contributed by atoms with E-state index in [4.69, 9.17) is 14.6 Å². The highest BCUT2D eigenvalue weighted by atomic mass is 32.2. The predicted octanol–water partition coefficient (Wildman–Crippen LogP) is 5.12. The van der Waals surface area contributed by atoms with Gasteiger partial charge >= 0.3 is 0 Å². The Bertz CT molecular complexity index is 1210. The van der Waals surface area contributed by atoms with Crippen LogP contribution >= 0.6 is 11.8 Å². The molecule has 1 aliphatic heterocycles. The van der Waals surface area contributed by atoms with Crippen molar-refractivity contribution in [1.29, 1.82) is 0 Å². The van der Waals surface area contributed by atoms with E-state index in [-0.39, 0.29) is 5.91 Å². The molecule has 1 aromatic heterocycles. The van der Waals surface area contributed by atoms with E-state index >= 15 is 0 Å². The number of allylic oxidation sites excluding steroid dienone is 1. The Kier molecular flexibility index (Phi) is 7.42. The maximum atomic E-state index is 13.7. The van der Waals surface area contributed by atoms with E-state index in [0.717, 1.165) is 17.7 Å². The van der Waals surface area contributed by atoms with Crippen LogP contribution in [-0.2, 0) is 4.79 Å². The van der Waals surface area contributed by atoms with Crippen LogP contribution < -0.4 is 20.1 Å². The molecule has 2 aromatic carbocycles. The Hall–Kier alpha value is -3.46. The number of thioether (sulfide) groups is 1. The molecule has 8 nitrogen and oxygen atoms in total. The van der Waals surface area contributed by atoms with E-state index in [9.17, 15) is 4.79 Å². The van der Waals surface area contributed by atoms with E-state index in [1.165, 1.54) is 0 Å². The number of benzene rings is 2. The van der Waals surface area contributed by atoms with E-state index < -0.39 is 6.04 Å². The average molecular weight is 480 g/mol. The average Bonchev–Trinajstić information content (AvgIpc) is 3.25. The van der Waals surface area contributed by atoms with Crippen LogP contribution in [0.15, 0.2) is 65.0 Å². The first-order valence-electron chi connectivity index (χ1n) is 11.3. The zero-order valence-corrected chi connectivity index (χ0v) is 20.6. The number of hydrogen-bond acceptors (Lipinski definition) is 7. The number of rotatable bonds is 9. The van der Waals surface area contributed by atoms with Crippen LogP contribution in [0.5, 0.6) is 11.5 Å². The minimum Gasteiger partial charge on any atom is -0.495 e. The standard InChI is InChI=1S/C25H29N5O3S/c1-5-15-34-25-28-24-26-16(3)21(23(31)27-18-12-8-10-14-20(18)32-4)22(30(24)29-25)17-11-7-9-13-19(17)33-6-2/h7-14,22H,5-6,15H2,1-4H3,(H,27,31)(H,26,28,29). The number of nitrogens with one attached hydrogen (secondary N) is 2. The monoisotopic (exact) mass is 479 g/mol. The molecule has 1 aliphatic rings. The summed E-state index contributed by atoms with van der Waals surface area (Å²) in [7, 11) is 1.58. The van der Waals surface area contributed by atoms with Gasteiger partial charge in [0.1, 0.15) is 17.5 Å². The van der Waals surface area contributed by atoms with Crippen LogP contribution in [-0.4, -0.2) is 40.1 Å². The molecule has 34 heavy (non-hydrogen) atoms. The zero-order chi connectivity index (χ0) is 24.1. The predicted molar refractivity (Wildman–Crippen MR) is 135 cm³/mol. The van der Waals surface area contributed by atoms with Gasteiger partial charge in [0.25, 0.3) is 5.91 Å². The molecule has 1 atom stereocenters. The first-order valence-corrected chi connectivity index (χ1v) is 12.3. The van der Waals surface area contributed by atoms with Gasteiger partial charge in [0.05, 0.1) is 25.0 Å². The van der Waals surface area contributed by atoms with Gasteiger partial charge < -0.3 is 20.1 Å². The summed E-state index contributed by atoms with van der Waals surface area (Å²) in [6.07, 6.45) is 1.02. The molecule has 4 rings (SSSR count). The lowest BCUT2D eigenvalue weighted by Gasteiger charge is -2.29. The fourth-order valence-electron chi connectivity index (χ4n) is 3.90. The Morgan fingerprint density at radius 3 is 2.62 bits per heavy atom. The minimum absolute atomic E-state index is 0.255. The smallest absolute Gasteiger partial charge is 0.255 e. The van der Waals surface area contributed by atoms with Crippen molar-refractivity contribution >= 4 is 29.3 Å². The maximum absolute atomic E-state index is 13.7. The second-order valence-electron chi connectivity index (χ2n) is 7.70. The number of nitrogens with zero attached hydrogens (tertiary/aromatic N) is 3. The molecule has 0 fully saturated rings. The van der Waals surface area contributed by atoms with Gasteiger partial charge in [0.2, 0.25) is 11.1 Å². The van der Waals surface area contributed by atoms with Crippen LogP contribution in [0.25, 0.3) is 0 Å². The zero-order valence-electron chi connectivity index (χ0n) is 19.8. The lowest BCUT2D eigenvalue weighted by molar-refractivity contribution is -0.113. The molecule has 1 unspecified atom stereocenters. The lowest BCUT2D eigenvalue weighted by atomic mass is 9.94. The molecular formula is C25H29N5O3S. The van der Waals surface area contributed by atoms with Gasteiger partial charge in [-0.2, -0.15) is 4.98 Å². The van der Waals surface area contributed by atoms with Crippen molar-refractivity contribution < 1.29 is 14.3 Å². The Labute approximate surface area is 203 Å². The normalized spacial score (nSPS) is 14.9. The Morgan fingerprint density at radius 1 is 1.15 bits per heavy atom. The van der Waals surface area contributed by atoms with Gasteiger partial charge in [-0.3, -0.25) is 4.79 Å². The summed E-state index contributed by atoms with van der Waals surface area (Å²) in [5.74, 6) is 2.55. The molecule has 9 heteroatoms. The molecule has 0 bridgehead atoms. The van der Waals surface area contributed by atoms with Gasteiger partial charge in [-0.05, 0) is 38.5 Å². The number of aromatic nitrogens is 3. The topological polar surface area (TPSA) is 90.3 Å². The van der Waals surface area contributed by atoms with E-state index in [2.05, 4.69) is 22.5 Å². The summed E-state index contributed by atoms with van der Waals surface area (Å²) >= 11 is 1.59. The molecule has 1 amide bonds. The van der Waals surface area contributed by atoms with Gasteiger partial charge in [0, 0.05) is 17.0 Å². The van der Waals surface area contributed by atoms with Crippen molar-refractivity contribution in [3.8, 4) is 11.5 Å². The molecule has 2 N–H and O–H groups in total. The molecule has 0 aliphatic carbocycles. The van der Waals surface area contributed by atoms with Crippen molar-refractivity contribution in [2.24, 2.45) is 0 Å². The fraction of sp³-hybridized carbons (Fsp3) is 0.320. The number of carbonyl (C=O) groups excluding carboxylic acids is 1. The van der Waals surface area contributed by atoms with E-state index in [1.54, 1.807) is 23.6 Å². The summed E-state index contributed by atoms with van der Waals surface area (Å²) in [6, 6.07) is 14.6. The number of anilines is 2. The van der Waals surface area contributed by atoms with E-state index in [0.29, 0.717) is 46.2 Å². The highest BCUT2D eigenvalue weighted by molar-refractivity contribution is 7.99. The number of fused-ring (bicyclic) bond motifs is 1. The third-order valence-corrected chi connectivity index (χ3v) is 6.43. The lowest BCUT2D eigenvalue weighted by Crippen LogP contribution is -2.31. The maximum Gasteiger partial charge on any atom is 0.255 e. The van der Waals surface area contributed by atoms with Crippen LogP contribution in [0.4, 0.5) is 11.6 Å². The van der Waals surface area contributed by atoms with Gasteiger partial charge in [-0.1, -0.05) is 49.0 Å². The Morgan fingerprint density at radius 2 is 1.88 bits per heavy atom. The fourth-order valence-corrected chi connectivity index (χ4v) is 4.58. The summed E-state index contributed by atoms with van der Waals surface area (Å²) in [6.45, 7) is 6.45. The summed E-state index contributed by atoms with van der Waals surface area (Å²) < 4.78 is 13.1. The quantitative estimate of drug-likeness (QED) is 0.412. The number of ether oxygens (including phenoxy) is 2. The third kappa shape index (κ3) is 4.75. The number of para-hydroxylation sites is 3. The Balaban J connectivity index is 1.80. The van der Waals surface area contributed by atoms with Crippen molar-refractivity contribution in [3.05, 3.63) is 65.4 Å². The third-order valence-electron chi connectivity index (χ3n) is 5.38. The molecule has 0 saturated heterocycles. The second kappa shape index (κ2) is 10.6. The second-order valence-corrected chi connectivity index (χ2v) is 8.76. The number of methoxy groups -OCH3 is 1. The molecular weight excluding hydrogens is 450 g/mol. The van der Waals surface area contributed by atoms with Crippen molar-refractivity contribution in [2.75, 3.05) is 30.1 Å². The van der Waals surface area contributed by atoms with Crippen LogP contribution in [0.2, 0.25) is 0 Å². The SMILES string of the molecule is CCCSc1nc2n(n1)C(c1ccccc1OCC)C(C(=O)Nc1ccccc1OC)=C(C)N2. The van der Waals surface area contributed by atoms with Gasteiger partial charge in [-0.25, -0.2) is 4.68 Å². The highest BCUT2D eigenvalue weighted by Gasteiger charge is 2.36. The van der Waals surface area contributed by atoms with Crippen molar-refractivity contribution in [2.45, 2.75) is 38.4 Å². The largest absolute Gasteiger partial charge is 0.495 e. The first-order chi connectivity index (χ1) is 16.6. The summed E-state index contributed by atoms with van der Waals surface area (Å²) in [4.78, 5) is 18.4. The summed E-state index contributed by atoms with van der Waals surface area (Å²) in [5, 5.41) is 11.7. The van der Waals surface area contributed by atoms with Crippen molar-refractivity contribution in [1.82, 2.24) is 14.8 Å². The molecule has 0 radical (unpaired) electrons. The van der Waals surface area contributed by atoms with Crippen LogP contribution in [0.3, 0.4) is 0 Å². The van der Waals surface area contributed by atoms with Crippen LogP contribution in [0.1, 0.15) is 38.8 Å². The van der Waals surface area contributed by atoms with E-state index in [1.807, 2.05) is 62.4 Å². The molecule has 2 heterocycles. The first kappa shape index (κ1) is 23.7. The van der Waals surface area contributed by atoms with Gasteiger partial charge in [0.15, 0.2) is 0 Å². The molecule has 0 spiro atoms. The number of carbonyl (C=O) groups is 1. The summed E-state index contributed by atoms with van der Waals surface area (Å²) in [5.41, 5.74) is 2.67.